The molecule has 0 radical (unpaired) electrons. The highest BCUT2D eigenvalue weighted by Gasteiger charge is 2.34. The van der Waals surface area contributed by atoms with E-state index in [9.17, 15) is 13.2 Å². The number of rotatable bonds is 8. The summed E-state index contributed by atoms with van der Waals surface area (Å²) in [5.74, 6) is 0. The first kappa shape index (κ1) is 17.8. The summed E-state index contributed by atoms with van der Waals surface area (Å²) in [6.45, 7) is 5.39. The van der Waals surface area contributed by atoms with Crippen LogP contribution in [0.15, 0.2) is 18.2 Å². The van der Waals surface area contributed by atoms with Crippen molar-refractivity contribution in [1.82, 2.24) is 5.32 Å². The summed E-state index contributed by atoms with van der Waals surface area (Å²) in [6.07, 6.45) is -3.47. The quantitative estimate of drug-likeness (QED) is 0.725. The largest absolute Gasteiger partial charge is 0.418 e. The fourth-order valence-electron chi connectivity index (χ4n) is 2.18. The number of anilines is 1. The number of benzene rings is 1. The van der Waals surface area contributed by atoms with Gasteiger partial charge in [0, 0.05) is 25.3 Å². The SMILES string of the molecule is CCCNCc1ccc(N(CC)CCO)c(C(F)(F)F)c1. The maximum Gasteiger partial charge on any atom is 0.418 e. The summed E-state index contributed by atoms with van der Waals surface area (Å²) in [4.78, 5) is 1.53. The molecule has 0 heterocycles. The average Bonchev–Trinajstić information content (AvgIpc) is 2.44. The molecule has 1 aromatic carbocycles. The molecule has 0 fully saturated rings. The first-order valence-corrected chi connectivity index (χ1v) is 7.20. The molecule has 120 valence electrons. The van der Waals surface area contributed by atoms with Crippen molar-refractivity contribution in [2.75, 3.05) is 31.1 Å². The van der Waals surface area contributed by atoms with Crippen LogP contribution in [0, 0.1) is 0 Å². The van der Waals surface area contributed by atoms with Crippen molar-refractivity contribution >= 4 is 5.69 Å². The lowest BCUT2D eigenvalue weighted by atomic mass is 10.1. The molecule has 6 heteroatoms. The van der Waals surface area contributed by atoms with Gasteiger partial charge in [-0.3, -0.25) is 0 Å². The van der Waals surface area contributed by atoms with E-state index >= 15 is 0 Å². The van der Waals surface area contributed by atoms with Crippen LogP contribution in [-0.4, -0.2) is 31.3 Å². The zero-order valence-corrected chi connectivity index (χ0v) is 12.5. The molecule has 0 saturated carbocycles. The van der Waals surface area contributed by atoms with Crippen molar-refractivity contribution in [3.05, 3.63) is 29.3 Å². The van der Waals surface area contributed by atoms with Crippen molar-refractivity contribution in [1.29, 1.82) is 0 Å². The number of likely N-dealkylation sites (N-methyl/N-ethyl adjacent to an activating group) is 1. The minimum absolute atomic E-state index is 0.123. The molecule has 1 aromatic rings. The van der Waals surface area contributed by atoms with E-state index in [4.69, 9.17) is 5.11 Å². The van der Waals surface area contributed by atoms with Crippen molar-refractivity contribution in [2.45, 2.75) is 33.0 Å². The second kappa shape index (κ2) is 8.24. The van der Waals surface area contributed by atoms with Crippen molar-refractivity contribution in [3.8, 4) is 0 Å². The van der Waals surface area contributed by atoms with Crippen LogP contribution in [-0.2, 0) is 12.7 Å². The summed E-state index contributed by atoms with van der Waals surface area (Å²) in [5, 5.41) is 12.1. The van der Waals surface area contributed by atoms with E-state index in [0.29, 0.717) is 18.7 Å². The van der Waals surface area contributed by atoms with Crippen LogP contribution in [0.1, 0.15) is 31.4 Å². The zero-order chi connectivity index (χ0) is 15.9. The molecule has 0 bridgehead atoms. The predicted molar refractivity (Wildman–Crippen MR) is 78.4 cm³/mol. The number of nitrogens with zero attached hydrogens (tertiary/aromatic N) is 1. The second-order valence-corrected chi connectivity index (χ2v) is 4.83. The third-order valence-electron chi connectivity index (χ3n) is 3.21. The Balaban J connectivity index is 3.07. The van der Waals surface area contributed by atoms with Crippen LogP contribution in [0.5, 0.6) is 0 Å². The summed E-state index contributed by atoms with van der Waals surface area (Å²) >= 11 is 0. The standard InChI is InChI=1S/C15H23F3N2O/c1-3-7-19-11-12-5-6-14(20(4-2)8-9-21)13(10-12)15(16,17)18/h5-6,10,19,21H,3-4,7-9,11H2,1-2H3. The van der Waals surface area contributed by atoms with Gasteiger partial charge >= 0.3 is 6.18 Å². The fourth-order valence-corrected chi connectivity index (χ4v) is 2.18. The van der Waals surface area contributed by atoms with Gasteiger partial charge in [0.1, 0.15) is 0 Å². The second-order valence-electron chi connectivity index (χ2n) is 4.83. The first-order chi connectivity index (χ1) is 9.93. The van der Waals surface area contributed by atoms with Gasteiger partial charge in [-0.15, -0.1) is 0 Å². The number of halogens is 3. The lowest BCUT2D eigenvalue weighted by molar-refractivity contribution is -0.137. The molecule has 0 aliphatic rings. The Morgan fingerprint density at radius 3 is 2.48 bits per heavy atom. The molecule has 0 spiro atoms. The topological polar surface area (TPSA) is 35.5 Å². The number of hydrogen-bond acceptors (Lipinski definition) is 3. The molecule has 0 aliphatic carbocycles. The molecule has 2 N–H and O–H groups in total. The van der Waals surface area contributed by atoms with Crippen molar-refractivity contribution < 1.29 is 18.3 Å². The van der Waals surface area contributed by atoms with E-state index in [1.165, 1.54) is 17.0 Å². The number of aliphatic hydroxyl groups excluding tert-OH is 1. The Bertz CT molecular complexity index is 435. The molecule has 0 aliphatic heterocycles. The fraction of sp³-hybridized carbons (Fsp3) is 0.600. The average molecular weight is 304 g/mol. The van der Waals surface area contributed by atoms with Crippen LogP contribution < -0.4 is 10.2 Å². The number of aliphatic hydroxyl groups is 1. The van der Waals surface area contributed by atoms with Crippen LogP contribution >= 0.6 is 0 Å². The summed E-state index contributed by atoms with van der Waals surface area (Å²) < 4.78 is 39.7. The van der Waals surface area contributed by atoms with Gasteiger partial charge in [-0.25, -0.2) is 0 Å². The first-order valence-electron chi connectivity index (χ1n) is 7.20. The van der Waals surface area contributed by atoms with Gasteiger partial charge in [-0.2, -0.15) is 13.2 Å². The minimum atomic E-state index is -4.40. The minimum Gasteiger partial charge on any atom is -0.395 e. The third-order valence-corrected chi connectivity index (χ3v) is 3.21. The highest BCUT2D eigenvalue weighted by Crippen LogP contribution is 2.37. The van der Waals surface area contributed by atoms with Gasteiger partial charge in [-0.05, 0) is 37.6 Å². The van der Waals surface area contributed by atoms with E-state index in [1.54, 1.807) is 13.0 Å². The van der Waals surface area contributed by atoms with Crippen LogP contribution in [0.25, 0.3) is 0 Å². The Labute approximate surface area is 123 Å². The molecule has 0 amide bonds. The Hall–Kier alpha value is -1.27. The number of nitrogens with one attached hydrogen (secondary N) is 1. The van der Waals surface area contributed by atoms with Crippen molar-refractivity contribution in [3.63, 3.8) is 0 Å². The van der Waals surface area contributed by atoms with Gasteiger partial charge in [0.05, 0.1) is 12.2 Å². The van der Waals surface area contributed by atoms with Crippen LogP contribution in [0.2, 0.25) is 0 Å². The van der Waals surface area contributed by atoms with Gasteiger partial charge in [0.2, 0.25) is 0 Å². The lowest BCUT2D eigenvalue weighted by Gasteiger charge is -2.26. The molecule has 0 aromatic heterocycles. The monoisotopic (exact) mass is 304 g/mol. The van der Waals surface area contributed by atoms with Crippen LogP contribution in [0.4, 0.5) is 18.9 Å². The van der Waals surface area contributed by atoms with E-state index in [2.05, 4.69) is 5.32 Å². The van der Waals surface area contributed by atoms with Gasteiger partial charge in [0.25, 0.3) is 0 Å². The molecular weight excluding hydrogens is 281 g/mol. The predicted octanol–water partition coefficient (Wildman–Crippen LogP) is 3.02. The zero-order valence-electron chi connectivity index (χ0n) is 12.5. The Morgan fingerprint density at radius 2 is 1.95 bits per heavy atom. The Morgan fingerprint density at radius 1 is 1.24 bits per heavy atom. The molecular formula is C15H23F3N2O. The lowest BCUT2D eigenvalue weighted by Crippen LogP contribution is -2.28. The Kier molecular flexibility index (Phi) is 6.98. The van der Waals surface area contributed by atoms with E-state index in [0.717, 1.165) is 13.0 Å². The van der Waals surface area contributed by atoms with E-state index < -0.39 is 11.7 Å². The number of alkyl halides is 3. The molecule has 21 heavy (non-hydrogen) atoms. The maximum absolute atomic E-state index is 13.2. The number of hydrogen-bond donors (Lipinski definition) is 2. The molecule has 0 atom stereocenters. The van der Waals surface area contributed by atoms with E-state index in [1.807, 2.05) is 6.92 Å². The molecule has 3 nitrogen and oxygen atoms in total. The summed E-state index contributed by atoms with van der Waals surface area (Å²) in [6, 6.07) is 4.39. The molecule has 0 saturated heterocycles. The van der Waals surface area contributed by atoms with Crippen molar-refractivity contribution in [2.24, 2.45) is 0 Å². The van der Waals surface area contributed by atoms with E-state index in [-0.39, 0.29) is 18.8 Å². The highest BCUT2D eigenvalue weighted by atomic mass is 19.4. The van der Waals surface area contributed by atoms with Gasteiger partial charge < -0.3 is 15.3 Å². The molecule has 0 unspecified atom stereocenters. The van der Waals surface area contributed by atoms with Crippen LogP contribution in [0.3, 0.4) is 0 Å². The highest BCUT2D eigenvalue weighted by molar-refractivity contribution is 5.56. The normalized spacial score (nSPS) is 11.7. The summed E-state index contributed by atoms with van der Waals surface area (Å²) in [5.41, 5.74) is 0.0893. The summed E-state index contributed by atoms with van der Waals surface area (Å²) in [7, 11) is 0. The van der Waals surface area contributed by atoms with Gasteiger partial charge in [0.15, 0.2) is 0 Å². The smallest absolute Gasteiger partial charge is 0.395 e. The third kappa shape index (κ3) is 5.21. The van der Waals surface area contributed by atoms with Gasteiger partial charge in [-0.1, -0.05) is 13.0 Å². The molecule has 1 rings (SSSR count). The maximum atomic E-state index is 13.2.